The summed E-state index contributed by atoms with van der Waals surface area (Å²) >= 11 is 0. The molecule has 1 aliphatic heterocycles. The van der Waals surface area contributed by atoms with Crippen LogP contribution in [0.25, 0.3) is 0 Å². The van der Waals surface area contributed by atoms with E-state index in [4.69, 9.17) is 9.47 Å². The zero-order valence-electron chi connectivity index (χ0n) is 8.43. The third kappa shape index (κ3) is 1.64. The van der Waals surface area contributed by atoms with E-state index in [9.17, 15) is 0 Å². The van der Waals surface area contributed by atoms with Gasteiger partial charge in [-0.1, -0.05) is 27.2 Å². The Morgan fingerprint density at radius 3 is 2.17 bits per heavy atom. The van der Waals surface area contributed by atoms with Gasteiger partial charge in [0.05, 0.1) is 0 Å². The van der Waals surface area contributed by atoms with Crippen molar-refractivity contribution in [2.24, 2.45) is 5.92 Å². The molecule has 0 aromatic rings. The molecule has 0 unspecified atom stereocenters. The van der Waals surface area contributed by atoms with Gasteiger partial charge in [-0.15, -0.1) is 0 Å². The van der Waals surface area contributed by atoms with Gasteiger partial charge in [-0.25, -0.2) is 0 Å². The summed E-state index contributed by atoms with van der Waals surface area (Å²) in [4.78, 5) is 0. The van der Waals surface area contributed by atoms with E-state index in [1.165, 1.54) is 19.3 Å². The molecule has 0 radical (unpaired) electrons. The normalized spacial score (nSPS) is 31.8. The Balaban J connectivity index is 0.000000336. The van der Waals surface area contributed by atoms with Crippen molar-refractivity contribution in [1.82, 2.24) is 0 Å². The molecule has 2 rings (SSSR count). The van der Waals surface area contributed by atoms with Crippen molar-refractivity contribution in [1.29, 1.82) is 0 Å². The molecule has 12 heavy (non-hydrogen) atoms. The van der Waals surface area contributed by atoms with E-state index in [-0.39, 0.29) is 5.79 Å². The maximum absolute atomic E-state index is 5.45. The molecule has 1 heterocycles. The molecule has 2 heteroatoms. The van der Waals surface area contributed by atoms with Crippen molar-refractivity contribution in [3.8, 4) is 0 Å². The van der Waals surface area contributed by atoms with Gasteiger partial charge in [0.2, 0.25) is 0 Å². The lowest BCUT2D eigenvalue weighted by atomic mass is 9.84. The Kier molecular flexibility index (Phi) is 3.53. The Bertz CT molecular complexity index is 130. The lowest BCUT2D eigenvalue weighted by molar-refractivity contribution is -0.424. The van der Waals surface area contributed by atoms with E-state index < -0.39 is 0 Å². The van der Waals surface area contributed by atoms with Crippen LogP contribution in [0, 0.1) is 5.92 Å². The van der Waals surface area contributed by atoms with Crippen molar-refractivity contribution in [3.05, 3.63) is 0 Å². The molecular formula is C10H20O2. The summed E-state index contributed by atoms with van der Waals surface area (Å²) in [6.07, 6.45) is 4.98. The first-order valence-corrected chi connectivity index (χ1v) is 5.11. The largest absolute Gasteiger partial charge is 0.323 e. The lowest BCUT2D eigenvalue weighted by Crippen LogP contribution is -2.53. The van der Waals surface area contributed by atoms with E-state index >= 15 is 0 Å². The lowest BCUT2D eigenvalue weighted by Gasteiger charge is -2.48. The van der Waals surface area contributed by atoms with Crippen molar-refractivity contribution < 1.29 is 9.47 Å². The topological polar surface area (TPSA) is 18.5 Å². The number of hydrogen-bond donors (Lipinski definition) is 0. The molecular weight excluding hydrogens is 152 g/mol. The first kappa shape index (κ1) is 10.0. The standard InChI is InChI=1S/C8H14O2.C2H6/c1-7-4-2-3-5-8(7)9-6-10-8;1-2/h7H,2-6H2,1H3;1-2H3/t7-;/m0./s1. The molecule has 2 fully saturated rings. The maximum atomic E-state index is 5.45. The second-order valence-electron chi connectivity index (χ2n) is 3.37. The molecule has 72 valence electrons. The van der Waals surface area contributed by atoms with E-state index in [0.29, 0.717) is 12.7 Å². The first-order valence-electron chi connectivity index (χ1n) is 5.11. The molecule has 0 amide bonds. The number of hydrogen-bond acceptors (Lipinski definition) is 2. The summed E-state index contributed by atoms with van der Waals surface area (Å²) in [5.41, 5.74) is 0. The van der Waals surface area contributed by atoms with Crippen LogP contribution in [0.3, 0.4) is 0 Å². The average molecular weight is 172 g/mol. The fourth-order valence-electron chi connectivity index (χ4n) is 1.93. The van der Waals surface area contributed by atoms with Gasteiger partial charge in [-0.05, 0) is 12.8 Å². The highest BCUT2D eigenvalue weighted by molar-refractivity contribution is 4.84. The van der Waals surface area contributed by atoms with Crippen LogP contribution >= 0.6 is 0 Å². The Morgan fingerprint density at radius 1 is 1.17 bits per heavy atom. The highest BCUT2D eigenvalue weighted by Gasteiger charge is 2.46. The molecule has 0 aromatic heterocycles. The average Bonchev–Trinajstić information content (AvgIpc) is 2.06. The quantitative estimate of drug-likeness (QED) is 0.559. The van der Waals surface area contributed by atoms with Gasteiger partial charge in [-0.3, -0.25) is 0 Å². The van der Waals surface area contributed by atoms with Gasteiger partial charge in [-0.2, -0.15) is 0 Å². The fourth-order valence-corrected chi connectivity index (χ4v) is 1.93. The minimum absolute atomic E-state index is 0.141. The van der Waals surface area contributed by atoms with Crippen LogP contribution in [0.1, 0.15) is 46.5 Å². The van der Waals surface area contributed by atoms with E-state index in [1.54, 1.807) is 0 Å². The Labute approximate surface area is 75.2 Å². The second kappa shape index (κ2) is 4.24. The SMILES string of the molecule is CC.C[C@H]1CCCCC12OCO2. The monoisotopic (exact) mass is 172 g/mol. The molecule has 2 nitrogen and oxygen atoms in total. The summed E-state index contributed by atoms with van der Waals surface area (Å²) in [6, 6.07) is 0. The van der Waals surface area contributed by atoms with E-state index in [1.807, 2.05) is 13.8 Å². The van der Waals surface area contributed by atoms with Gasteiger partial charge < -0.3 is 9.47 Å². The van der Waals surface area contributed by atoms with Gasteiger partial charge in [0.15, 0.2) is 12.6 Å². The molecule has 0 N–H and O–H groups in total. The zero-order valence-corrected chi connectivity index (χ0v) is 8.43. The highest BCUT2D eigenvalue weighted by Crippen LogP contribution is 2.42. The predicted octanol–water partition coefficient (Wildman–Crippen LogP) is 2.92. The smallest absolute Gasteiger partial charge is 0.176 e. The predicted molar refractivity (Wildman–Crippen MR) is 48.7 cm³/mol. The van der Waals surface area contributed by atoms with Gasteiger partial charge in [0.25, 0.3) is 0 Å². The zero-order chi connectivity index (χ0) is 9.03. The van der Waals surface area contributed by atoms with Crippen LogP contribution in [-0.4, -0.2) is 12.6 Å². The van der Waals surface area contributed by atoms with Gasteiger partial charge in [0.1, 0.15) is 0 Å². The van der Waals surface area contributed by atoms with Crippen LogP contribution in [0.2, 0.25) is 0 Å². The molecule has 0 aromatic carbocycles. The molecule has 0 bridgehead atoms. The van der Waals surface area contributed by atoms with Crippen LogP contribution < -0.4 is 0 Å². The van der Waals surface area contributed by atoms with Gasteiger partial charge >= 0.3 is 0 Å². The molecule has 1 saturated heterocycles. The number of rotatable bonds is 0. The third-order valence-corrected chi connectivity index (χ3v) is 2.77. The summed E-state index contributed by atoms with van der Waals surface area (Å²) in [6.45, 7) is 6.74. The molecule has 1 aliphatic carbocycles. The summed E-state index contributed by atoms with van der Waals surface area (Å²) < 4.78 is 10.9. The summed E-state index contributed by atoms with van der Waals surface area (Å²) in [5.74, 6) is 0.466. The number of ether oxygens (including phenoxy) is 2. The van der Waals surface area contributed by atoms with E-state index in [2.05, 4.69) is 6.92 Å². The summed E-state index contributed by atoms with van der Waals surface area (Å²) in [7, 11) is 0. The van der Waals surface area contributed by atoms with E-state index in [0.717, 1.165) is 6.42 Å². The van der Waals surface area contributed by atoms with Gasteiger partial charge in [0, 0.05) is 12.3 Å². The van der Waals surface area contributed by atoms with Crippen molar-refractivity contribution in [3.63, 3.8) is 0 Å². The molecule has 1 spiro atoms. The minimum Gasteiger partial charge on any atom is -0.323 e. The first-order chi connectivity index (χ1) is 5.83. The summed E-state index contributed by atoms with van der Waals surface area (Å²) in [5, 5.41) is 0. The highest BCUT2D eigenvalue weighted by atomic mass is 16.9. The Hall–Kier alpha value is -0.0800. The fraction of sp³-hybridized carbons (Fsp3) is 1.00. The molecule has 1 saturated carbocycles. The maximum Gasteiger partial charge on any atom is 0.176 e. The van der Waals surface area contributed by atoms with Crippen LogP contribution in [0.4, 0.5) is 0 Å². The van der Waals surface area contributed by atoms with Crippen LogP contribution in [-0.2, 0) is 9.47 Å². The molecule has 1 atom stereocenters. The second-order valence-corrected chi connectivity index (χ2v) is 3.37. The Morgan fingerprint density at radius 2 is 1.83 bits per heavy atom. The van der Waals surface area contributed by atoms with Crippen molar-refractivity contribution >= 4 is 0 Å². The molecule has 2 aliphatic rings. The van der Waals surface area contributed by atoms with Crippen molar-refractivity contribution in [2.45, 2.75) is 52.2 Å². The third-order valence-electron chi connectivity index (χ3n) is 2.77. The minimum atomic E-state index is -0.141. The van der Waals surface area contributed by atoms with Crippen LogP contribution in [0.5, 0.6) is 0 Å². The van der Waals surface area contributed by atoms with Crippen molar-refractivity contribution in [2.75, 3.05) is 6.79 Å². The van der Waals surface area contributed by atoms with Crippen LogP contribution in [0.15, 0.2) is 0 Å².